The summed E-state index contributed by atoms with van der Waals surface area (Å²) in [5, 5.41) is 0. The molecule has 2 aliphatic rings. The van der Waals surface area contributed by atoms with Gasteiger partial charge < -0.3 is 0 Å². The van der Waals surface area contributed by atoms with Crippen LogP contribution in [0.2, 0.25) is 0 Å². The summed E-state index contributed by atoms with van der Waals surface area (Å²) >= 11 is 0. The monoisotopic (exact) mass is 216 g/mol. The zero-order valence-electron chi connectivity index (χ0n) is 9.64. The topological polar surface area (TPSA) is 0 Å². The van der Waals surface area contributed by atoms with E-state index >= 15 is 0 Å². The van der Waals surface area contributed by atoms with Crippen molar-refractivity contribution in [1.29, 1.82) is 0 Å². The third kappa shape index (κ3) is 2.51. The lowest BCUT2D eigenvalue weighted by molar-refractivity contribution is -0.0982. The highest BCUT2D eigenvalue weighted by molar-refractivity contribution is 4.86. The van der Waals surface area contributed by atoms with Gasteiger partial charge in [0, 0.05) is 12.3 Å². The molecule has 2 heteroatoms. The Labute approximate surface area is 91.4 Å². The minimum Gasteiger partial charge on any atom is -0.207 e. The first-order valence-corrected chi connectivity index (χ1v) is 6.47. The van der Waals surface area contributed by atoms with Gasteiger partial charge >= 0.3 is 0 Å². The molecule has 0 radical (unpaired) electrons. The lowest BCUT2D eigenvalue weighted by atomic mass is 9.69. The molecule has 2 fully saturated rings. The van der Waals surface area contributed by atoms with Crippen molar-refractivity contribution in [3.63, 3.8) is 0 Å². The Bertz CT molecular complexity index is 207. The number of halogens is 2. The second-order valence-electron chi connectivity index (χ2n) is 5.59. The van der Waals surface area contributed by atoms with E-state index in [1.165, 1.54) is 32.1 Å². The van der Waals surface area contributed by atoms with Gasteiger partial charge in [0.05, 0.1) is 0 Å². The normalized spacial score (nSPS) is 37.8. The maximum Gasteiger partial charge on any atom is 0.250 e. The van der Waals surface area contributed by atoms with Crippen LogP contribution >= 0.6 is 0 Å². The summed E-state index contributed by atoms with van der Waals surface area (Å²) < 4.78 is 26.7. The van der Waals surface area contributed by atoms with Crippen LogP contribution < -0.4 is 0 Å². The standard InChI is InChI=1S/C13H22F2/c1-10-9-12(7-8-13(10,14)15)11-5-3-2-4-6-11/h10-12H,2-9H2,1H3/t10-,12?/m1/s1. The highest BCUT2D eigenvalue weighted by Crippen LogP contribution is 2.46. The van der Waals surface area contributed by atoms with Crippen molar-refractivity contribution in [2.24, 2.45) is 17.8 Å². The molecular weight excluding hydrogens is 194 g/mol. The summed E-state index contributed by atoms with van der Waals surface area (Å²) in [4.78, 5) is 0. The first-order valence-electron chi connectivity index (χ1n) is 6.47. The van der Waals surface area contributed by atoms with Crippen LogP contribution in [0.5, 0.6) is 0 Å². The summed E-state index contributed by atoms with van der Waals surface area (Å²) in [6, 6.07) is 0. The Kier molecular flexibility index (Phi) is 3.32. The van der Waals surface area contributed by atoms with Gasteiger partial charge in [-0.25, -0.2) is 8.78 Å². The zero-order valence-corrected chi connectivity index (χ0v) is 9.64. The molecule has 0 saturated heterocycles. The van der Waals surface area contributed by atoms with Crippen LogP contribution in [0.3, 0.4) is 0 Å². The molecule has 0 aromatic rings. The van der Waals surface area contributed by atoms with Gasteiger partial charge in [-0.15, -0.1) is 0 Å². The summed E-state index contributed by atoms with van der Waals surface area (Å²) in [5.41, 5.74) is 0. The Balaban J connectivity index is 1.90. The second kappa shape index (κ2) is 4.39. The molecule has 0 heterocycles. The second-order valence-corrected chi connectivity index (χ2v) is 5.59. The fourth-order valence-corrected chi connectivity index (χ4v) is 3.40. The van der Waals surface area contributed by atoms with Crippen LogP contribution in [-0.4, -0.2) is 5.92 Å². The molecule has 0 amide bonds. The Morgan fingerprint density at radius 2 is 1.60 bits per heavy atom. The van der Waals surface area contributed by atoms with Gasteiger partial charge in [0.2, 0.25) is 0 Å². The number of hydrogen-bond acceptors (Lipinski definition) is 0. The van der Waals surface area contributed by atoms with Crippen LogP contribution in [0, 0.1) is 17.8 Å². The van der Waals surface area contributed by atoms with Crippen LogP contribution in [-0.2, 0) is 0 Å². The van der Waals surface area contributed by atoms with Gasteiger partial charge in [-0.2, -0.15) is 0 Å². The first kappa shape index (κ1) is 11.3. The molecule has 0 bridgehead atoms. The lowest BCUT2D eigenvalue weighted by Crippen LogP contribution is -2.36. The van der Waals surface area contributed by atoms with Crippen molar-refractivity contribution in [3.05, 3.63) is 0 Å². The van der Waals surface area contributed by atoms with Crippen LogP contribution in [0.4, 0.5) is 8.78 Å². The molecule has 2 rings (SSSR count). The Morgan fingerprint density at radius 1 is 0.933 bits per heavy atom. The van der Waals surface area contributed by atoms with E-state index in [1.807, 2.05) is 0 Å². The van der Waals surface area contributed by atoms with E-state index in [4.69, 9.17) is 0 Å². The van der Waals surface area contributed by atoms with Crippen molar-refractivity contribution >= 4 is 0 Å². The molecule has 1 unspecified atom stereocenters. The molecule has 0 aromatic heterocycles. The van der Waals surface area contributed by atoms with E-state index in [0.717, 1.165) is 18.8 Å². The fourth-order valence-electron chi connectivity index (χ4n) is 3.40. The van der Waals surface area contributed by atoms with Crippen LogP contribution in [0.1, 0.15) is 58.3 Å². The number of alkyl halides is 2. The van der Waals surface area contributed by atoms with Crippen molar-refractivity contribution in [3.8, 4) is 0 Å². The SMILES string of the molecule is C[C@@H]1CC(C2CCCCC2)CCC1(F)F. The average Bonchev–Trinajstić information content (AvgIpc) is 2.23. The van der Waals surface area contributed by atoms with E-state index in [2.05, 4.69) is 0 Å². The number of rotatable bonds is 1. The van der Waals surface area contributed by atoms with Crippen molar-refractivity contribution < 1.29 is 8.78 Å². The summed E-state index contributed by atoms with van der Waals surface area (Å²) in [5.74, 6) is -1.42. The van der Waals surface area contributed by atoms with E-state index in [0.29, 0.717) is 5.92 Å². The van der Waals surface area contributed by atoms with Gasteiger partial charge in [-0.3, -0.25) is 0 Å². The van der Waals surface area contributed by atoms with E-state index in [1.54, 1.807) is 6.92 Å². The average molecular weight is 216 g/mol. The van der Waals surface area contributed by atoms with Crippen molar-refractivity contribution in [2.45, 2.75) is 64.2 Å². The molecule has 0 N–H and O–H groups in total. The van der Waals surface area contributed by atoms with Gasteiger partial charge in [0.1, 0.15) is 0 Å². The molecule has 0 aliphatic heterocycles. The largest absolute Gasteiger partial charge is 0.250 e. The third-order valence-electron chi connectivity index (χ3n) is 4.54. The zero-order chi connectivity index (χ0) is 10.9. The van der Waals surface area contributed by atoms with E-state index in [9.17, 15) is 8.78 Å². The molecule has 2 saturated carbocycles. The maximum atomic E-state index is 13.3. The fraction of sp³-hybridized carbons (Fsp3) is 1.00. The first-order chi connectivity index (χ1) is 7.09. The molecule has 88 valence electrons. The van der Waals surface area contributed by atoms with Gasteiger partial charge in [-0.1, -0.05) is 39.0 Å². The molecule has 0 nitrogen and oxygen atoms in total. The lowest BCUT2D eigenvalue weighted by Gasteiger charge is -2.39. The number of hydrogen-bond donors (Lipinski definition) is 0. The van der Waals surface area contributed by atoms with Crippen molar-refractivity contribution in [2.75, 3.05) is 0 Å². The summed E-state index contributed by atoms with van der Waals surface area (Å²) in [6.45, 7) is 1.73. The minimum absolute atomic E-state index is 0.134. The predicted octanol–water partition coefficient (Wildman–Crippen LogP) is 4.64. The van der Waals surface area contributed by atoms with E-state index < -0.39 is 11.8 Å². The molecule has 15 heavy (non-hydrogen) atoms. The minimum atomic E-state index is -2.38. The van der Waals surface area contributed by atoms with Gasteiger partial charge in [0.25, 0.3) is 5.92 Å². The van der Waals surface area contributed by atoms with Gasteiger partial charge in [0.15, 0.2) is 0 Å². The smallest absolute Gasteiger partial charge is 0.207 e. The van der Waals surface area contributed by atoms with Crippen LogP contribution in [0.15, 0.2) is 0 Å². The van der Waals surface area contributed by atoms with Gasteiger partial charge in [-0.05, 0) is 24.7 Å². The molecule has 2 atom stereocenters. The summed E-state index contributed by atoms with van der Waals surface area (Å²) in [7, 11) is 0. The summed E-state index contributed by atoms with van der Waals surface area (Å²) in [6.07, 6.45) is 8.26. The molecule has 2 aliphatic carbocycles. The molecular formula is C13H22F2. The Morgan fingerprint density at radius 3 is 2.20 bits per heavy atom. The molecule has 0 aromatic carbocycles. The van der Waals surface area contributed by atoms with Crippen LogP contribution in [0.25, 0.3) is 0 Å². The quantitative estimate of drug-likeness (QED) is 0.599. The van der Waals surface area contributed by atoms with Crippen molar-refractivity contribution in [1.82, 2.24) is 0 Å². The molecule has 0 spiro atoms. The van der Waals surface area contributed by atoms with E-state index in [-0.39, 0.29) is 6.42 Å². The highest BCUT2D eigenvalue weighted by Gasteiger charge is 2.43. The highest BCUT2D eigenvalue weighted by atomic mass is 19.3. The third-order valence-corrected chi connectivity index (χ3v) is 4.54. The maximum absolute atomic E-state index is 13.3. The predicted molar refractivity (Wildman–Crippen MR) is 58.0 cm³/mol. The Hall–Kier alpha value is -0.140.